The highest BCUT2D eigenvalue weighted by Crippen LogP contribution is 2.37. The zero-order valence-corrected chi connectivity index (χ0v) is 21.2. The number of fused-ring (bicyclic) bond motifs is 5. The molecule has 2 aliphatic heterocycles. The molecule has 5 aromatic rings. The number of hydrogen-bond donors (Lipinski definition) is 1. The lowest BCUT2D eigenvalue weighted by Gasteiger charge is -2.44. The van der Waals surface area contributed by atoms with E-state index >= 15 is 0 Å². The monoisotopic (exact) mass is 509 g/mol. The summed E-state index contributed by atoms with van der Waals surface area (Å²) < 4.78 is 13.9. The fourth-order valence-corrected chi connectivity index (χ4v) is 5.14. The van der Waals surface area contributed by atoms with Crippen LogP contribution < -0.4 is 19.7 Å². The first-order valence-corrected chi connectivity index (χ1v) is 12.8. The minimum Gasteiger partial charge on any atom is -0.487 e. The Bertz CT molecular complexity index is 1650. The van der Waals surface area contributed by atoms with Crippen LogP contribution in [-0.2, 0) is 0 Å². The van der Waals surface area contributed by atoms with Crippen molar-refractivity contribution in [1.29, 1.82) is 0 Å². The van der Waals surface area contributed by atoms with Crippen LogP contribution in [-0.4, -0.2) is 73.3 Å². The second-order valence-electron chi connectivity index (χ2n) is 9.58. The van der Waals surface area contributed by atoms with E-state index in [1.807, 2.05) is 49.5 Å². The Balaban J connectivity index is 1.16. The maximum absolute atomic E-state index is 6.12. The van der Waals surface area contributed by atoms with Crippen LogP contribution in [0.25, 0.3) is 16.7 Å². The van der Waals surface area contributed by atoms with Crippen LogP contribution in [0.1, 0.15) is 12.5 Å². The van der Waals surface area contributed by atoms with Gasteiger partial charge in [-0.3, -0.25) is 4.90 Å². The average molecular weight is 510 g/mol. The molecule has 2 aliphatic rings. The van der Waals surface area contributed by atoms with E-state index in [0.717, 1.165) is 65.9 Å². The molecule has 192 valence electrons. The van der Waals surface area contributed by atoms with Gasteiger partial charge in [0.2, 0.25) is 0 Å². The van der Waals surface area contributed by atoms with Gasteiger partial charge >= 0.3 is 0 Å². The molecular formula is C27H27N9O2. The highest BCUT2D eigenvalue weighted by atomic mass is 16.5. The Hall–Kier alpha value is -4.51. The Morgan fingerprint density at radius 1 is 1.08 bits per heavy atom. The summed E-state index contributed by atoms with van der Waals surface area (Å²) in [4.78, 5) is 23.1. The molecule has 0 spiro atoms. The van der Waals surface area contributed by atoms with E-state index in [0.29, 0.717) is 29.7 Å². The zero-order chi connectivity index (χ0) is 25.6. The standard InChI is InChI=1S/C27H27N9O2/c1-3-34-8-9-35-19(13-34)14-37-23-12-21-25(33-27(23)35)26(30-15-28-21)32-18-4-5-22(17(2)10-18)38-20-6-7-36-24(11-20)29-16-31-36/h4-7,10-12,15-16,19H,3,8-9,13-14H2,1-2H3,(H,28,30,32)/t19-/m0/s1. The Labute approximate surface area is 219 Å². The van der Waals surface area contributed by atoms with E-state index in [2.05, 4.69) is 42.1 Å². The maximum atomic E-state index is 6.12. The van der Waals surface area contributed by atoms with Gasteiger partial charge in [0.15, 0.2) is 23.0 Å². The van der Waals surface area contributed by atoms with Gasteiger partial charge in [-0.1, -0.05) is 6.92 Å². The molecule has 0 radical (unpaired) electrons. The molecule has 1 atom stereocenters. The maximum Gasteiger partial charge on any atom is 0.172 e. The molecule has 0 aliphatic carbocycles. The van der Waals surface area contributed by atoms with Crippen molar-refractivity contribution in [3.8, 4) is 17.2 Å². The third-order valence-electron chi connectivity index (χ3n) is 7.19. The minimum atomic E-state index is 0.294. The molecule has 38 heavy (non-hydrogen) atoms. The molecule has 6 heterocycles. The molecule has 1 fully saturated rings. The molecule has 0 saturated carbocycles. The number of piperazine rings is 1. The Morgan fingerprint density at radius 2 is 2.03 bits per heavy atom. The summed E-state index contributed by atoms with van der Waals surface area (Å²) in [5.41, 5.74) is 4.05. The van der Waals surface area contributed by atoms with Crippen LogP contribution in [0.15, 0.2) is 55.2 Å². The van der Waals surface area contributed by atoms with Crippen LogP contribution in [0.3, 0.4) is 0 Å². The summed E-state index contributed by atoms with van der Waals surface area (Å²) in [5, 5.41) is 7.56. The average Bonchev–Trinajstić information content (AvgIpc) is 3.41. The molecule has 1 aromatic carbocycles. The van der Waals surface area contributed by atoms with Crippen molar-refractivity contribution < 1.29 is 9.47 Å². The zero-order valence-electron chi connectivity index (χ0n) is 21.2. The normalized spacial score (nSPS) is 17.2. The van der Waals surface area contributed by atoms with Crippen molar-refractivity contribution in [2.45, 2.75) is 19.9 Å². The van der Waals surface area contributed by atoms with Crippen molar-refractivity contribution >= 4 is 34.0 Å². The molecule has 11 heteroatoms. The third-order valence-corrected chi connectivity index (χ3v) is 7.19. The van der Waals surface area contributed by atoms with Gasteiger partial charge in [0.05, 0.1) is 11.6 Å². The van der Waals surface area contributed by atoms with Gasteiger partial charge in [0, 0.05) is 43.7 Å². The van der Waals surface area contributed by atoms with Crippen LogP contribution >= 0.6 is 0 Å². The summed E-state index contributed by atoms with van der Waals surface area (Å²) in [6.07, 6.45) is 4.89. The quantitative estimate of drug-likeness (QED) is 0.376. The second-order valence-corrected chi connectivity index (χ2v) is 9.58. The number of nitrogens with one attached hydrogen (secondary N) is 1. The molecule has 1 N–H and O–H groups in total. The van der Waals surface area contributed by atoms with Crippen LogP contribution in [0.5, 0.6) is 17.2 Å². The number of aromatic nitrogens is 6. The van der Waals surface area contributed by atoms with Crippen LogP contribution in [0.2, 0.25) is 0 Å². The fraction of sp³-hybridized carbons (Fsp3) is 0.296. The van der Waals surface area contributed by atoms with E-state index in [9.17, 15) is 0 Å². The lowest BCUT2D eigenvalue weighted by atomic mass is 10.1. The predicted molar refractivity (Wildman–Crippen MR) is 144 cm³/mol. The van der Waals surface area contributed by atoms with Gasteiger partial charge in [-0.15, -0.1) is 0 Å². The van der Waals surface area contributed by atoms with Crippen LogP contribution in [0.4, 0.5) is 17.3 Å². The number of ether oxygens (including phenoxy) is 2. The van der Waals surface area contributed by atoms with Gasteiger partial charge in [0.1, 0.15) is 36.3 Å². The number of hydrogen-bond acceptors (Lipinski definition) is 10. The molecule has 11 nitrogen and oxygen atoms in total. The van der Waals surface area contributed by atoms with Gasteiger partial charge in [-0.05, 0) is 43.3 Å². The summed E-state index contributed by atoms with van der Waals surface area (Å²) in [6.45, 7) is 8.84. The number of rotatable bonds is 5. The lowest BCUT2D eigenvalue weighted by molar-refractivity contribution is 0.171. The van der Waals surface area contributed by atoms with E-state index in [1.54, 1.807) is 10.8 Å². The van der Waals surface area contributed by atoms with Crippen molar-refractivity contribution in [3.63, 3.8) is 0 Å². The number of aryl methyl sites for hydroxylation is 1. The summed E-state index contributed by atoms with van der Waals surface area (Å²) in [5.74, 6) is 3.76. The summed E-state index contributed by atoms with van der Waals surface area (Å²) >= 11 is 0. The first-order chi connectivity index (χ1) is 18.6. The second kappa shape index (κ2) is 9.10. The molecular weight excluding hydrogens is 482 g/mol. The third kappa shape index (κ3) is 4.01. The lowest BCUT2D eigenvalue weighted by Crippen LogP contribution is -2.57. The SMILES string of the molecule is CCN1CCN2c3nc4c(Nc5ccc(Oc6ccn7ncnc7c6)c(C)c5)ncnc4cc3OC[C@@H]2C1. The molecule has 7 rings (SSSR count). The number of pyridine rings is 2. The molecule has 4 aromatic heterocycles. The molecule has 0 bridgehead atoms. The summed E-state index contributed by atoms with van der Waals surface area (Å²) in [7, 11) is 0. The molecule has 0 unspecified atom stereocenters. The Kier molecular flexibility index (Phi) is 5.43. The van der Waals surface area contributed by atoms with E-state index in [4.69, 9.17) is 14.5 Å². The van der Waals surface area contributed by atoms with Gasteiger partial charge < -0.3 is 19.7 Å². The highest BCUT2D eigenvalue weighted by Gasteiger charge is 2.34. The largest absolute Gasteiger partial charge is 0.487 e. The van der Waals surface area contributed by atoms with E-state index < -0.39 is 0 Å². The van der Waals surface area contributed by atoms with Crippen LogP contribution in [0, 0.1) is 6.92 Å². The molecule has 0 amide bonds. The van der Waals surface area contributed by atoms with Crippen molar-refractivity contribution in [2.24, 2.45) is 0 Å². The first-order valence-electron chi connectivity index (χ1n) is 12.8. The summed E-state index contributed by atoms with van der Waals surface area (Å²) in [6, 6.07) is 11.9. The van der Waals surface area contributed by atoms with E-state index in [-0.39, 0.29) is 0 Å². The highest BCUT2D eigenvalue weighted by molar-refractivity contribution is 5.90. The van der Waals surface area contributed by atoms with Crippen molar-refractivity contribution in [1.82, 2.24) is 34.4 Å². The van der Waals surface area contributed by atoms with Gasteiger partial charge in [-0.2, -0.15) is 5.10 Å². The van der Waals surface area contributed by atoms with E-state index in [1.165, 1.54) is 6.33 Å². The number of anilines is 3. The van der Waals surface area contributed by atoms with Gasteiger partial charge in [0.25, 0.3) is 0 Å². The topological polar surface area (TPSA) is 106 Å². The van der Waals surface area contributed by atoms with Crippen molar-refractivity contribution in [3.05, 3.63) is 60.8 Å². The first kappa shape index (κ1) is 22.7. The van der Waals surface area contributed by atoms with Gasteiger partial charge in [-0.25, -0.2) is 24.5 Å². The molecule has 1 saturated heterocycles. The number of likely N-dealkylation sites (N-methyl/N-ethyl adjacent to an activating group) is 1. The number of nitrogens with zero attached hydrogens (tertiary/aromatic N) is 8. The predicted octanol–water partition coefficient (Wildman–Crippen LogP) is 3.81. The smallest absolute Gasteiger partial charge is 0.172 e. The fourth-order valence-electron chi connectivity index (χ4n) is 5.14. The van der Waals surface area contributed by atoms with Crippen molar-refractivity contribution in [2.75, 3.05) is 43.0 Å². The Morgan fingerprint density at radius 3 is 2.92 bits per heavy atom. The minimum absolute atomic E-state index is 0.294. The number of benzene rings is 1.